The third-order valence-electron chi connectivity index (χ3n) is 4.78. The quantitative estimate of drug-likeness (QED) is 0.509. The molecule has 0 aliphatic carbocycles. The molecule has 0 bridgehead atoms. The zero-order valence-electron chi connectivity index (χ0n) is 17.4. The summed E-state index contributed by atoms with van der Waals surface area (Å²) >= 11 is 0. The summed E-state index contributed by atoms with van der Waals surface area (Å²) in [5, 5.41) is 0. The Morgan fingerprint density at radius 1 is 1.03 bits per heavy atom. The fourth-order valence-electron chi connectivity index (χ4n) is 3.34. The molecule has 2 aromatic carbocycles. The number of hydrogen-bond acceptors (Lipinski definition) is 4. The van der Waals surface area contributed by atoms with Crippen LogP contribution in [0.2, 0.25) is 0 Å². The number of benzene rings is 2. The third-order valence-corrected chi connectivity index (χ3v) is 4.78. The van der Waals surface area contributed by atoms with Gasteiger partial charge in [-0.25, -0.2) is 4.98 Å². The molecule has 1 heterocycles. The Labute approximate surface area is 172 Å². The molecule has 0 aliphatic heterocycles. The van der Waals surface area contributed by atoms with E-state index in [1.54, 1.807) is 13.3 Å². The van der Waals surface area contributed by atoms with Gasteiger partial charge < -0.3 is 14.3 Å². The lowest BCUT2D eigenvalue weighted by Gasteiger charge is -2.25. The molecule has 0 amide bonds. The summed E-state index contributed by atoms with van der Waals surface area (Å²) in [7, 11) is 1.65. The monoisotopic (exact) mass is 389 g/mol. The highest BCUT2D eigenvalue weighted by molar-refractivity contribution is 5.73. The highest BCUT2D eigenvalue weighted by atomic mass is 16.5. The van der Waals surface area contributed by atoms with E-state index >= 15 is 0 Å². The van der Waals surface area contributed by atoms with E-state index in [-0.39, 0.29) is 5.41 Å². The Morgan fingerprint density at radius 3 is 2.45 bits per heavy atom. The van der Waals surface area contributed by atoms with E-state index < -0.39 is 0 Å². The van der Waals surface area contributed by atoms with Gasteiger partial charge in [-0.15, -0.1) is 0 Å². The fraction of sp³-hybridized carbons (Fsp3) is 0.280. The molecule has 3 aromatic rings. The maximum atomic E-state index is 11.3. The Balaban J connectivity index is 2.06. The van der Waals surface area contributed by atoms with Crippen molar-refractivity contribution in [3.05, 3.63) is 77.5 Å². The van der Waals surface area contributed by atoms with Gasteiger partial charge in [-0.3, -0.25) is 0 Å². The summed E-state index contributed by atoms with van der Waals surface area (Å²) < 4.78 is 11.7. The van der Waals surface area contributed by atoms with Crippen LogP contribution in [-0.4, -0.2) is 18.4 Å². The lowest BCUT2D eigenvalue weighted by atomic mass is 9.83. The molecule has 0 radical (unpaired) electrons. The fourth-order valence-corrected chi connectivity index (χ4v) is 3.34. The zero-order valence-corrected chi connectivity index (χ0v) is 17.4. The number of hydrogen-bond donors (Lipinski definition) is 0. The van der Waals surface area contributed by atoms with Crippen molar-refractivity contribution in [1.82, 2.24) is 4.98 Å². The van der Waals surface area contributed by atoms with Crippen molar-refractivity contribution in [2.75, 3.05) is 7.11 Å². The summed E-state index contributed by atoms with van der Waals surface area (Å²) in [6.45, 7) is 6.84. The van der Waals surface area contributed by atoms with Crippen molar-refractivity contribution >= 4 is 6.29 Å². The first-order chi connectivity index (χ1) is 13.9. The van der Waals surface area contributed by atoms with Crippen LogP contribution in [0, 0.1) is 0 Å². The van der Waals surface area contributed by atoms with Crippen molar-refractivity contribution in [3.8, 4) is 22.8 Å². The van der Waals surface area contributed by atoms with Crippen LogP contribution in [-0.2, 0) is 23.2 Å². The SMILES string of the molecule is COc1c(CC=O)cc(-c2cccnc2OCc2ccccc2)cc1C(C)(C)C. The molecule has 4 nitrogen and oxygen atoms in total. The van der Waals surface area contributed by atoms with Gasteiger partial charge in [-0.2, -0.15) is 0 Å². The van der Waals surface area contributed by atoms with Crippen LogP contribution in [0.5, 0.6) is 11.6 Å². The van der Waals surface area contributed by atoms with Gasteiger partial charge in [0.1, 0.15) is 18.6 Å². The highest BCUT2D eigenvalue weighted by Gasteiger charge is 2.23. The van der Waals surface area contributed by atoms with Crippen molar-refractivity contribution in [1.29, 1.82) is 0 Å². The second-order valence-electron chi connectivity index (χ2n) is 7.97. The number of carbonyl (C=O) groups is 1. The lowest BCUT2D eigenvalue weighted by molar-refractivity contribution is -0.107. The molecule has 0 fully saturated rings. The van der Waals surface area contributed by atoms with Crippen molar-refractivity contribution < 1.29 is 14.3 Å². The average molecular weight is 389 g/mol. The summed E-state index contributed by atoms with van der Waals surface area (Å²) in [6, 6.07) is 18.0. The van der Waals surface area contributed by atoms with Crippen LogP contribution in [0.3, 0.4) is 0 Å². The minimum atomic E-state index is -0.147. The van der Waals surface area contributed by atoms with Gasteiger partial charge in [0.15, 0.2) is 0 Å². The molecule has 0 unspecified atom stereocenters. The van der Waals surface area contributed by atoms with E-state index in [0.29, 0.717) is 18.9 Å². The maximum Gasteiger partial charge on any atom is 0.221 e. The van der Waals surface area contributed by atoms with Gasteiger partial charge in [0, 0.05) is 29.3 Å². The molecule has 29 heavy (non-hydrogen) atoms. The largest absolute Gasteiger partial charge is 0.496 e. The van der Waals surface area contributed by atoms with Gasteiger partial charge in [0.05, 0.1) is 7.11 Å². The third kappa shape index (κ3) is 4.83. The summed E-state index contributed by atoms with van der Waals surface area (Å²) in [5.74, 6) is 1.34. The number of nitrogens with zero attached hydrogens (tertiary/aromatic N) is 1. The summed E-state index contributed by atoms with van der Waals surface area (Å²) in [5.41, 5.74) is 4.70. The first kappa shape index (κ1) is 20.6. The molecule has 0 saturated heterocycles. The number of methoxy groups -OCH3 is 1. The maximum absolute atomic E-state index is 11.3. The van der Waals surface area contributed by atoms with E-state index in [2.05, 4.69) is 31.8 Å². The Morgan fingerprint density at radius 2 is 1.79 bits per heavy atom. The van der Waals surface area contributed by atoms with E-state index in [1.165, 1.54) is 0 Å². The average Bonchev–Trinajstić information content (AvgIpc) is 2.72. The molecular weight excluding hydrogens is 362 g/mol. The van der Waals surface area contributed by atoms with Crippen LogP contribution in [0.4, 0.5) is 0 Å². The number of carbonyl (C=O) groups excluding carboxylic acids is 1. The number of pyridine rings is 1. The molecule has 0 N–H and O–H groups in total. The second kappa shape index (κ2) is 8.91. The van der Waals surface area contributed by atoms with Crippen LogP contribution >= 0.6 is 0 Å². The van der Waals surface area contributed by atoms with Crippen molar-refractivity contribution in [2.24, 2.45) is 0 Å². The van der Waals surface area contributed by atoms with Crippen LogP contribution in [0.1, 0.15) is 37.5 Å². The molecular formula is C25H27NO3. The smallest absolute Gasteiger partial charge is 0.221 e. The Kier molecular flexibility index (Phi) is 6.32. The Hall–Kier alpha value is -3.14. The molecule has 150 valence electrons. The van der Waals surface area contributed by atoms with E-state index in [9.17, 15) is 4.79 Å². The predicted octanol–water partition coefficient (Wildman–Crippen LogP) is 5.38. The summed E-state index contributed by atoms with van der Waals surface area (Å²) in [6.07, 6.45) is 2.93. The van der Waals surface area contributed by atoms with Gasteiger partial charge in [0.2, 0.25) is 5.88 Å². The predicted molar refractivity (Wildman–Crippen MR) is 115 cm³/mol. The number of rotatable bonds is 7. The first-order valence-corrected chi connectivity index (χ1v) is 9.71. The number of aromatic nitrogens is 1. The first-order valence-electron chi connectivity index (χ1n) is 9.71. The zero-order chi connectivity index (χ0) is 20.9. The van der Waals surface area contributed by atoms with Gasteiger partial charge >= 0.3 is 0 Å². The van der Waals surface area contributed by atoms with E-state index in [4.69, 9.17) is 9.47 Å². The molecule has 4 heteroatoms. The molecule has 0 aliphatic rings. The standard InChI is InChI=1S/C25H27NO3/c1-25(2,3)22-16-20(15-19(12-14-27)23(22)28-4)21-11-8-13-26-24(21)29-17-18-9-6-5-7-10-18/h5-11,13-16H,12,17H2,1-4H3. The summed E-state index contributed by atoms with van der Waals surface area (Å²) in [4.78, 5) is 15.7. The van der Waals surface area contributed by atoms with Gasteiger partial charge in [-0.05, 0) is 40.8 Å². The second-order valence-corrected chi connectivity index (χ2v) is 7.97. The van der Waals surface area contributed by atoms with E-state index in [0.717, 1.165) is 39.9 Å². The number of aldehydes is 1. The van der Waals surface area contributed by atoms with Gasteiger partial charge in [0.25, 0.3) is 0 Å². The van der Waals surface area contributed by atoms with Crippen molar-refractivity contribution in [2.45, 2.75) is 39.2 Å². The van der Waals surface area contributed by atoms with Crippen LogP contribution < -0.4 is 9.47 Å². The minimum Gasteiger partial charge on any atom is -0.496 e. The van der Waals surface area contributed by atoms with Crippen molar-refractivity contribution in [3.63, 3.8) is 0 Å². The normalized spacial score (nSPS) is 11.2. The van der Waals surface area contributed by atoms with Crippen LogP contribution in [0.15, 0.2) is 60.8 Å². The Bertz CT molecular complexity index is 975. The van der Waals surface area contributed by atoms with E-state index in [1.807, 2.05) is 48.5 Å². The number of ether oxygens (including phenoxy) is 2. The lowest BCUT2D eigenvalue weighted by Crippen LogP contribution is -2.14. The topological polar surface area (TPSA) is 48.4 Å². The molecule has 1 aromatic heterocycles. The van der Waals surface area contributed by atoms with Gasteiger partial charge in [-0.1, -0.05) is 51.1 Å². The minimum absolute atomic E-state index is 0.147. The van der Waals surface area contributed by atoms with Crippen LogP contribution in [0.25, 0.3) is 11.1 Å². The molecule has 3 rings (SSSR count). The highest BCUT2D eigenvalue weighted by Crippen LogP contribution is 2.39. The molecule has 0 saturated carbocycles. The molecule has 0 atom stereocenters. The molecule has 0 spiro atoms.